The van der Waals surface area contributed by atoms with Crippen LogP contribution in [-0.4, -0.2) is 45.8 Å². The van der Waals surface area contributed by atoms with Crippen molar-refractivity contribution in [3.05, 3.63) is 70.7 Å². The Balaban J connectivity index is 1.45. The fourth-order valence-corrected chi connectivity index (χ4v) is 5.30. The fourth-order valence-electron chi connectivity index (χ4n) is 5.30. The minimum absolute atomic E-state index is 0.154. The molecule has 1 fully saturated rings. The third-order valence-corrected chi connectivity index (χ3v) is 7.26. The molecule has 1 saturated carbocycles. The molecular weight excluding hydrogens is 470 g/mol. The Morgan fingerprint density at radius 2 is 1.95 bits per heavy atom. The van der Waals surface area contributed by atoms with E-state index in [4.69, 9.17) is 0 Å². The summed E-state index contributed by atoms with van der Waals surface area (Å²) in [5, 5.41) is 24.0. The maximum atomic E-state index is 13.6. The first-order valence-corrected chi connectivity index (χ1v) is 12.9. The minimum atomic E-state index is -0.821. The average molecular weight is 502 g/mol. The smallest absolute Gasteiger partial charge is 0.328 e. The topological polar surface area (TPSA) is 132 Å². The SMILES string of the molecule is CCCCc1cn(C2CCCCC2C(=O)O)c(=O)n1Cc1ccc(-c2ccccc2-c2nnn[nH]2)cn1. The Bertz CT molecular complexity index is 1410. The molecule has 1 aliphatic carbocycles. The summed E-state index contributed by atoms with van der Waals surface area (Å²) in [5.41, 5.74) is 4.27. The van der Waals surface area contributed by atoms with Crippen molar-refractivity contribution >= 4 is 5.97 Å². The Morgan fingerprint density at radius 1 is 1.14 bits per heavy atom. The molecule has 0 aliphatic heterocycles. The van der Waals surface area contributed by atoms with Crippen LogP contribution in [0, 0.1) is 5.92 Å². The largest absolute Gasteiger partial charge is 0.481 e. The highest BCUT2D eigenvalue weighted by molar-refractivity contribution is 5.79. The maximum Gasteiger partial charge on any atom is 0.328 e. The second-order valence-electron chi connectivity index (χ2n) is 9.63. The van der Waals surface area contributed by atoms with Crippen LogP contribution in [0.1, 0.15) is 62.9 Å². The lowest BCUT2D eigenvalue weighted by Gasteiger charge is -2.28. The van der Waals surface area contributed by atoms with Gasteiger partial charge in [-0.25, -0.2) is 9.89 Å². The van der Waals surface area contributed by atoms with Gasteiger partial charge in [0.2, 0.25) is 0 Å². The molecule has 2 atom stereocenters. The average Bonchev–Trinajstić information content (AvgIpc) is 3.57. The zero-order valence-corrected chi connectivity index (χ0v) is 20.9. The van der Waals surface area contributed by atoms with Gasteiger partial charge < -0.3 is 5.11 Å². The van der Waals surface area contributed by atoms with E-state index in [1.54, 1.807) is 15.3 Å². The first-order valence-electron chi connectivity index (χ1n) is 12.9. The van der Waals surface area contributed by atoms with Crippen molar-refractivity contribution in [3.8, 4) is 22.5 Å². The number of H-pyrrole nitrogens is 1. The lowest BCUT2D eigenvalue weighted by molar-refractivity contribution is -0.144. The molecule has 3 heterocycles. The van der Waals surface area contributed by atoms with Gasteiger partial charge in [-0.3, -0.25) is 18.9 Å². The van der Waals surface area contributed by atoms with Crippen molar-refractivity contribution < 1.29 is 9.90 Å². The van der Waals surface area contributed by atoms with Crippen molar-refractivity contribution in [1.82, 2.24) is 34.7 Å². The third-order valence-electron chi connectivity index (χ3n) is 7.26. The summed E-state index contributed by atoms with van der Waals surface area (Å²) < 4.78 is 3.44. The van der Waals surface area contributed by atoms with Crippen LogP contribution in [0.3, 0.4) is 0 Å². The zero-order valence-electron chi connectivity index (χ0n) is 20.9. The van der Waals surface area contributed by atoms with Crippen LogP contribution in [0.5, 0.6) is 0 Å². The number of nitrogens with one attached hydrogen (secondary N) is 1. The Morgan fingerprint density at radius 3 is 2.65 bits per heavy atom. The van der Waals surface area contributed by atoms with Gasteiger partial charge in [0, 0.05) is 29.2 Å². The number of nitrogens with zero attached hydrogens (tertiary/aromatic N) is 6. The molecule has 10 heteroatoms. The summed E-state index contributed by atoms with van der Waals surface area (Å²) in [5.74, 6) is -0.771. The number of pyridine rings is 1. The Hall–Kier alpha value is -4.08. The molecule has 192 valence electrons. The standard InChI is InChI=1S/C27H31N7O3/c1-2-3-8-20-17-34(24-12-7-6-11-23(24)26(35)36)27(37)33(20)16-19-14-13-18(15-28-19)21-9-4-5-10-22(21)25-29-31-32-30-25/h4-5,9-10,13-15,17,23-24H,2-3,6-8,11-12,16H2,1H3,(H,35,36)(H,29,30,31,32). The number of hydrogen-bond acceptors (Lipinski definition) is 6. The van der Waals surface area contributed by atoms with Crippen LogP contribution >= 0.6 is 0 Å². The second kappa shape index (κ2) is 10.9. The highest BCUT2D eigenvalue weighted by Gasteiger charge is 2.33. The van der Waals surface area contributed by atoms with Crippen LogP contribution in [0.15, 0.2) is 53.6 Å². The van der Waals surface area contributed by atoms with Crippen LogP contribution in [0.25, 0.3) is 22.5 Å². The number of carboxylic acids is 1. The van der Waals surface area contributed by atoms with Gasteiger partial charge in [-0.05, 0) is 47.7 Å². The fraction of sp³-hybridized carbons (Fsp3) is 0.407. The molecule has 1 aromatic carbocycles. The molecule has 5 rings (SSSR count). The van der Waals surface area contributed by atoms with E-state index in [9.17, 15) is 14.7 Å². The maximum absolute atomic E-state index is 13.6. The number of rotatable bonds is 9. The number of aliphatic carboxylic acids is 1. The molecule has 3 aromatic heterocycles. The Kier molecular flexibility index (Phi) is 7.25. The molecular formula is C27H31N7O3. The normalized spacial score (nSPS) is 17.6. The van der Waals surface area contributed by atoms with Gasteiger partial charge in [0.05, 0.1) is 24.2 Å². The molecule has 37 heavy (non-hydrogen) atoms. The van der Waals surface area contributed by atoms with E-state index in [1.807, 2.05) is 42.6 Å². The van der Waals surface area contributed by atoms with Gasteiger partial charge in [-0.15, -0.1) is 5.10 Å². The van der Waals surface area contributed by atoms with E-state index in [2.05, 4.69) is 32.5 Å². The number of aromatic nitrogens is 7. The molecule has 0 amide bonds. The predicted molar refractivity (Wildman–Crippen MR) is 138 cm³/mol. The molecule has 0 radical (unpaired) electrons. The molecule has 2 unspecified atom stereocenters. The van der Waals surface area contributed by atoms with Crippen molar-refractivity contribution in [3.63, 3.8) is 0 Å². The number of aromatic amines is 1. The van der Waals surface area contributed by atoms with E-state index < -0.39 is 11.9 Å². The third kappa shape index (κ3) is 5.09. The number of imidazole rings is 1. The highest BCUT2D eigenvalue weighted by Crippen LogP contribution is 2.34. The number of carbonyl (C=O) groups is 1. The van der Waals surface area contributed by atoms with E-state index in [1.165, 1.54) is 0 Å². The molecule has 0 spiro atoms. The summed E-state index contributed by atoms with van der Waals surface area (Å²) in [6.45, 7) is 2.46. The van der Waals surface area contributed by atoms with Crippen molar-refractivity contribution in [2.24, 2.45) is 5.92 Å². The van der Waals surface area contributed by atoms with E-state index in [0.717, 1.165) is 60.2 Å². The number of benzene rings is 1. The van der Waals surface area contributed by atoms with Crippen LogP contribution < -0.4 is 5.69 Å². The monoisotopic (exact) mass is 501 g/mol. The lowest BCUT2D eigenvalue weighted by Crippen LogP contribution is -2.36. The van der Waals surface area contributed by atoms with Gasteiger partial charge in [0.1, 0.15) is 0 Å². The lowest BCUT2D eigenvalue weighted by atomic mass is 9.84. The zero-order chi connectivity index (χ0) is 25.8. The van der Waals surface area contributed by atoms with Crippen LogP contribution in [0.4, 0.5) is 0 Å². The van der Waals surface area contributed by atoms with Crippen molar-refractivity contribution in [1.29, 1.82) is 0 Å². The quantitative estimate of drug-likeness (QED) is 0.353. The van der Waals surface area contributed by atoms with Gasteiger partial charge in [-0.1, -0.05) is 56.5 Å². The van der Waals surface area contributed by atoms with Crippen molar-refractivity contribution in [2.75, 3.05) is 0 Å². The summed E-state index contributed by atoms with van der Waals surface area (Å²) >= 11 is 0. The summed E-state index contributed by atoms with van der Waals surface area (Å²) in [6.07, 6.45) is 9.55. The van der Waals surface area contributed by atoms with E-state index >= 15 is 0 Å². The van der Waals surface area contributed by atoms with E-state index in [-0.39, 0.29) is 11.7 Å². The van der Waals surface area contributed by atoms with Gasteiger partial charge in [-0.2, -0.15) is 0 Å². The number of hydrogen-bond donors (Lipinski definition) is 2. The van der Waals surface area contributed by atoms with Gasteiger partial charge in [0.15, 0.2) is 5.82 Å². The number of tetrazole rings is 1. The molecule has 0 saturated heterocycles. The first kappa shape index (κ1) is 24.6. The summed E-state index contributed by atoms with van der Waals surface area (Å²) in [7, 11) is 0. The predicted octanol–water partition coefficient (Wildman–Crippen LogP) is 4.10. The minimum Gasteiger partial charge on any atom is -0.481 e. The number of aryl methyl sites for hydroxylation is 1. The number of unbranched alkanes of at least 4 members (excludes halogenated alkanes) is 1. The number of carboxylic acid groups (broad SMARTS) is 1. The van der Waals surface area contributed by atoms with Crippen LogP contribution in [0.2, 0.25) is 0 Å². The molecule has 2 N–H and O–H groups in total. The molecule has 0 bridgehead atoms. The molecule has 1 aliphatic rings. The summed E-state index contributed by atoms with van der Waals surface area (Å²) in [4.78, 5) is 30.2. The first-order chi connectivity index (χ1) is 18.1. The van der Waals surface area contributed by atoms with Gasteiger partial charge >= 0.3 is 11.7 Å². The van der Waals surface area contributed by atoms with Crippen LogP contribution in [-0.2, 0) is 17.8 Å². The van der Waals surface area contributed by atoms with Crippen molar-refractivity contribution in [2.45, 2.75) is 64.5 Å². The molecule has 4 aromatic rings. The Labute approximate surface area is 214 Å². The second-order valence-corrected chi connectivity index (χ2v) is 9.63. The van der Waals surface area contributed by atoms with E-state index in [0.29, 0.717) is 25.2 Å². The van der Waals surface area contributed by atoms with Gasteiger partial charge in [0.25, 0.3) is 0 Å². The molecule has 10 nitrogen and oxygen atoms in total. The summed E-state index contributed by atoms with van der Waals surface area (Å²) in [6, 6.07) is 11.4. The highest BCUT2D eigenvalue weighted by atomic mass is 16.4.